The Bertz CT molecular complexity index is 407. The molecule has 100 valence electrons. The minimum atomic E-state index is -0.984. The Morgan fingerprint density at radius 1 is 1.22 bits per heavy atom. The monoisotopic (exact) mass is 255 g/mol. The van der Waals surface area contributed by atoms with Crippen LogP contribution in [0.2, 0.25) is 0 Å². The van der Waals surface area contributed by atoms with Crippen LogP contribution in [0.4, 0.5) is 0 Å². The van der Waals surface area contributed by atoms with Crippen LogP contribution < -0.4 is 19.9 Å². The zero-order chi connectivity index (χ0) is 13.7. The van der Waals surface area contributed by atoms with Crippen LogP contribution >= 0.6 is 0 Å². The summed E-state index contributed by atoms with van der Waals surface area (Å²) in [6, 6.07) is 2.57. The summed E-state index contributed by atoms with van der Waals surface area (Å²) in [5.74, 6) is 0.456. The molecule has 6 heteroatoms. The van der Waals surface area contributed by atoms with Crippen molar-refractivity contribution in [2.45, 2.75) is 12.5 Å². The summed E-state index contributed by atoms with van der Waals surface area (Å²) in [6.45, 7) is 0. The Morgan fingerprint density at radius 3 is 2.06 bits per heavy atom. The van der Waals surface area contributed by atoms with Crippen molar-refractivity contribution < 1.29 is 24.1 Å². The van der Waals surface area contributed by atoms with Crippen LogP contribution in [0.25, 0.3) is 0 Å². The summed E-state index contributed by atoms with van der Waals surface area (Å²) in [7, 11) is 4.47. The third-order valence-electron chi connectivity index (χ3n) is 2.52. The van der Waals surface area contributed by atoms with Crippen LogP contribution in [0.3, 0.4) is 0 Å². The van der Waals surface area contributed by atoms with Gasteiger partial charge in [-0.3, -0.25) is 4.79 Å². The second-order valence-corrected chi connectivity index (χ2v) is 3.65. The Morgan fingerprint density at radius 2 is 1.72 bits per heavy atom. The molecule has 0 aliphatic rings. The highest BCUT2D eigenvalue weighted by Crippen LogP contribution is 2.38. The van der Waals surface area contributed by atoms with Crippen LogP contribution in [-0.4, -0.2) is 32.4 Å². The maximum Gasteiger partial charge on any atom is 0.305 e. The van der Waals surface area contributed by atoms with E-state index in [9.17, 15) is 4.79 Å². The van der Waals surface area contributed by atoms with Crippen molar-refractivity contribution in [2.24, 2.45) is 5.73 Å². The first-order valence-corrected chi connectivity index (χ1v) is 5.30. The minimum absolute atomic E-state index is 0.209. The Labute approximate surface area is 105 Å². The zero-order valence-corrected chi connectivity index (χ0v) is 10.6. The van der Waals surface area contributed by atoms with Gasteiger partial charge in [0.15, 0.2) is 0 Å². The van der Waals surface area contributed by atoms with Gasteiger partial charge in [0.25, 0.3) is 0 Å². The molecule has 0 saturated carbocycles. The molecule has 1 aromatic carbocycles. The lowest BCUT2D eigenvalue weighted by atomic mass is 10.0. The average Bonchev–Trinajstić information content (AvgIpc) is 2.35. The van der Waals surface area contributed by atoms with Gasteiger partial charge in [-0.2, -0.15) is 0 Å². The number of rotatable bonds is 6. The predicted molar refractivity (Wildman–Crippen MR) is 65.3 cm³/mol. The fourth-order valence-electron chi connectivity index (χ4n) is 1.69. The maximum absolute atomic E-state index is 10.7. The number of nitrogens with two attached hydrogens (primary N) is 1. The molecule has 0 aliphatic carbocycles. The van der Waals surface area contributed by atoms with E-state index in [4.69, 9.17) is 25.1 Å². The molecule has 0 aromatic heterocycles. The average molecular weight is 255 g/mol. The molecule has 0 aliphatic heterocycles. The Kier molecular flexibility index (Phi) is 4.79. The molecule has 0 heterocycles. The fraction of sp³-hybridized carbons (Fsp3) is 0.417. The van der Waals surface area contributed by atoms with Gasteiger partial charge in [-0.15, -0.1) is 0 Å². The van der Waals surface area contributed by atoms with Gasteiger partial charge < -0.3 is 25.1 Å². The smallest absolute Gasteiger partial charge is 0.305 e. The van der Waals surface area contributed by atoms with E-state index in [2.05, 4.69) is 0 Å². The van der Waals surface area contributed by atoms with Gasteiger partial charge in [0, 0.05) is 18.2 Å². The molecule has 0 amide bonds. The van der Waals surface area contributed by atoms with Crippen LogP contribution in [0.5, 0.6) is 17.2 Å². The molecule has 1 aromatic rings. The summed E-state index contributed by atoms with van der Waals surface area (Å²) in [5.41, 5.74) is 6.38. The summed E-state index contributed by atoms with van der Waals surface area (Å²) in [6.07, 6.45) is -0.209. The van der Waals surface area contributed by atoms with Gasteiger partial charge in [0.2, 0.25) is 0 Å². The van der Waals surface area contributed by atoms with Crippen molar-refractivity contribution in [3.8, 4) is 17.2 Å². The predicted octanol–water partition coefficient (Wildman–Crippen LogP) is 1.19. The summed E-state index contributed by atoms with van der Waals surface area (Å²) < 4.78 is 15.5. The normalized spacial score (nSPS) is 11.8. The van der Waals surface area contributed by atoms with E-state index >= 15 is 0 Å². The number of carboxylic acids is 1. The molecule has 3 N–H and O–H groups in total. The third kappa shape index (κ3) is 3.04. The van der Waals surface area contributed by atoms with Gasteiger partial charge in [0.05, 0.1) is 33.3 Å². The van der Waals surface area contributed by atoms with Crippen molar-refractivity contribution >= 4 is 5.97 Å². The number of carboxylic acid groups (broad SMARTS) is 1. The number of aliphatic carboxylic acids is 1. The fourth-order valence-corrected chi connectivity index (χ4v) is 1.69. The molecule has 0 spiro atoms. The largest absolute Gasteiger partial charge is 0.496 e. The molecule has 1 rings (SSSR count). The molecular formula is C12H17NO5. The number of hydrogen-bond acceptors (Lipinski definition) is 5. The summed E-state index contributed by atoms with van der Waals surface area (Å²) in [5, 5.41) is 8.79. The lowest BCUT2D eigenvalue weighted by Crippen LogP contribution is -2.17. The SMILES string of the molecule is COc1cc(OC)c(C(N)CC(=O)O)c(OC)c1. The van der Waals surface area contributed by atoms with Crippen molar-refractivity contribution in [2.75, 3.05) is 21.3 Å². The van der Waals surface area contributed by atoms with Crippen molar-refractivity contribution in [1.82, 2.24) is 0 Å². The van der Waals surface area contributed by atoms with Crippen LogP contribution in [0.1, 0.15) is 18.0 Å². The van der Waals surface area contributed by atoms with E-state index in [0.717, 1.165) is 0 Å². The molecule has 0 bridgehead atoms. The van der Waals surface area contributed by atoms with E-state index in [0.29, 0.717) is 22.8 Å². The Hall–Kier alpha value is -1.95. The summed E-state index contributed by atoms with van der Waals surface area (Å²) in [4.78, 5) is 10.7. The van der Waals surface area contributed by atoms with Crippen LogP contribution in [0, 0.1) is 0 Å². The lowest BCUT2D eigenvalue weighted by Gasteiger charge is -2.18. The van der Waals surface area contributed by atoms with Crippen molar-refractivity contribution in [3.63, 3.8) is 0 Å². The second kappa shape index (κ2) is 6.11. The van der Waals surface area contributed by atoms with Gasteiger partial charge in [-0.1, -0.05) is 0 Å². The van der Waals surface area contributed by atoms with E-state index in [1.165, 1.54) is 21.3 Å². The van der Waals surface area contributed by atoms with E-state index in [-0.39, 0.29) is 6.42 Å². The number of carbonyl (C=O) groups is 1. The maximum atomic E-state index is 10.7. The van der Waals surface area contributed by atoms with E-state index in [1.54, 1.807) is 12.1 Å². The highest BCUT2D eigenvalue weighted by Gasteiger charge is 2.21. The summed E-state index contributed by atoms with van der Waals surface area (Å²) >= 11 is 0. The second-order valence-electron chi connectivity index (χ2n) is 3.65. The van der Waals surface area contributed by atoms with E-state index < -0.39 is 12.0 Å². The molecule has 0 fully saturated rings. The van der Waals surface area contributed by atoms with E-state index in [1.807, 2.05) is 0 Å². The first kappa shape index (κ1) is 14.1. The molecule has 6 nitrogen and oxygen atoms in total. The number of ether oxygens (including phenoxy) is 3. The highest BCUT2D eigenvalue weighted by atomic mass is 16.5. The van der Waals surface area contributed by atoms with Gasteiger partial charge in [-0.25, -0.2) is 0 Å². The molecule has 1 unspecified atom stereocenters. The first-order valence-electron chi connectivity index (χ1n) is 5.30. The molecular weight excluding hydrogens is 238 g/mol. The third-order valence-corrected chi connectivity index (χ3v) is 2.52. The number of hydrogen-bond donors (Lipinski definition) is 2. The molecule has 0 saturated heterocycles. The quantitative estimate of drug-likeness (QED) is 0.793. The Balaban J connectivity index is 3.25. The highest BCUT2D eigenvalue weighted by molar-refractivity contribution is 5.69. The van der Waals surface area contributed by atoms with Gasteiger partial charge >= 0.3 is 5.97 Å². The van der Waals surface area contributed by atoms with Gasteiger partial charge in [-0.05, 0) is 0 Å². The van der Waals surface area contributed by atoms with Gasteiger partial charge in [0.1, 0.15) is 17.2 Å². The van der Waals surface area contributed by atoms with Crippen molar-refractivity contribution in [1.29, 1.82) is 0 Å². The number of benzene rings is 1. The minimum Gasteiger partial charge on any atom is -0.496 e. The molecule has 18 heavy (non-hydrogen) atoms. The number of methoxy groups -OCH3 is 3. The standard InChI is InChI=1S/C12H17NO5/c1-16-7-4-9(17-2)12(10(5-7)18-3)8(13)6-11(14)15/h4-5,8H,6,13H2,1-3H3,(H,14,15). The zero-order valence-electron chi connectivity index (χ0n) is 10.6. The van der Waals surface area contributed by atoms with Crippen LogP contribution in [-0.2, 0) is 4.79 Å². The topological polar surface area (TPSA) is 91.0 Å². The van der Waals surface area contributed by atoms with Crippen LogP contribution in [0.15, 0.2) is 12.1 Å². The molecule has 1 atom stereocenters. The van der Waals surface area contributed by atoms with Crippen molar-refractivity contribution in [3.05, 3.63) is 17.7 Å². The first-order chi connectivity index (χ1) is 8.53. The lowest BCUT2D eigenvalue weighted by molar-refractivity contribution is -0.137. The molecule has 0 radical (unpaired) electrons.